The molecule has 14 heavy (non-hydrogen) atoms. The minimum absolute atomic E-state index is 0.944. The lowest BCUT2D eigenvalue weighted by molar-refractivity contribution is 0.724. The van der Waals surface area contributed by atoms with E-state index in [4.69, 9.17) is 0 Å². The second kappa shape index (κ2) is 4.88. The number of rotatable bonds is 1. The fourth-order valence-electron chi connectivity index (χ4n) is 1.55. The van der Waals surface area contributed by atoms with Gasteiger partial charge in [0.25, 0.3) is 0 Å². The van der Waals surface area contributed by atoms with Gasteiger partial charge in [-0.15, -0.1) is 10.2 Å². The highest BCUT2D eigenvalue weighted by Crippen LogP contribution is 2.11. The van der Waals surface area contributed by atoms with Crippen molar-refractivity contribution in [2.24, 2.45) is 0 Å². The maximum absolute atomic E-state index is 4.18. The van der Waals surface area contributed by atoms with Crippen molar-refractivity contribution >= 4 is 28.4 Å². The van der Waals surface area contributed by atoms with Gasteiger partial charge in [-0.25, -0.2) is 0 Å². The Morgan fingerprint density at radius 1 is 1.21 bits per heavy atom. The lowest BCUT2D eigenvalue weighted by atomic mass is 10.4. The summed E-state index contributed by atoms with van der Waals surface area (Å²) in [5.74, 6) is 0.995. The van der Waals surface area contributed by atoms with Crippen molar-refractivity contribution in [1.82, 2.24) is 15.5 Å². The van der Waals surface area contributed by atoms with Crippen LogP contribution in [0.2, 0.25) is 0 Å². The van der Waals surface area contributed by atoms with E-state index < -0.39 is 0 Å². The van der Waals surface area contributed by atoms with E-state index in [2.05, 4.69) is 43.0 Å². The maximum Gasteiger partial charge on any atom is 0.151 e. The average Bonchev–Trinajstić information content (AvgIpc) is 2.47. The van der Waals surface area contributed by atoms with Crippen molar-refractivity contribution in [3.05, 3.63) is 15.8 Å². The van der Waals surface area contributed by atoms with E-state index in [1.165, 1.54) is 6.42 Å². The molecule has 0 saturated carbocycles. The van der Waals surface area contributed by atoms with E-state index in [1.54, 1.807) is 0 Å². The number of nitrogens with zero attached hydrogens (tertiary/aromatic N) is 3. The minimum Gasteiger partial charge on any atom is -0.354 e. The summed E-state index contributed by atoms with van der Waals surface area (Å²) in [6.45, 7) is 4.24. The van der Waals surface area contributed by atoms with Crippen molar-refractivity contribution in [3.63, 3.8) is 0 Å². The number of halogens is 1. The molecule has 0 radical (unpaired) electrons. The van der Waals surface area contributed by atoms with Crippen LogP contribution in [-0.2, 0) is 0 Å². The Balaban J connectivity index is 2.08. The van der Waals surface area contributed by atoms with E-state index in [9.17, 15) is 0 Å². The van der Waals surface area contributed by atoms with Gasteiger partial charge in [-0.2, -0.15) is 0 Å². The zero-order chi connectivity index (χ0) is 9.80. The quantitative estimate of drug-likeness (QED) is 0.782. The molecule has 5 heteroatoms. The van der Waals surface area contributed by atoms with Crippen molar-refractivity contribution in [3.8, 4) is 0 Å². The zero-order valence-corrected chi connectivity index (χ0v) is 10.1. The van der Waals surface area contributed by atoms with Gasteiger partial charge in [0.1, 0.15) is 3.70 Å². The molecule has 1 aliphatic heterocycles. The highest BCUT2D eigenvalue weighted by Gasteiger charge is 2.10. The van der Waals surface area contributed by atoms with E-state index in [0.29, 0.717) is 0 Å². The second-order valence-electron chi connectivity index (χ2n) is 3.30. The molecule has 1 aromatic heterocycles. The van der Waals surface area contributed by atoms with Gasteiger partial charge in [-0.05, 0) is 47.7 Å². The van der Waals surface area contributed by atoms with Gasteiger partial charge in [-0.1, -0.05) is 0 Å². The smallest absolute Gasteiger partial charge is 0.151 e. The van der Waals surface area contributed by atoms with Crippen LogP contribution in [0.15, 0.2) is 12.1 Å². The Labute approximate surface area is 97.2 Å². The Bertz CT molecular complexity index is 279. The molecule has 0 aromatic carbocycles. The molecule has 1 aliphatic rings. The Hall–Kier alpha value is -0.430. The molecule has 0 spiro atoms. The molecule has 0 unspecified atom stereocenters. The van der Waals surface area contributed by atoms with Crippen LogP contribution < -0.4 is 10.2 Å². The summed E-state index contributed by atoms with van der Waals surface area (Å²) in [5, 5.41) is 11.6. The molecule has 1 fully saturated rings. The summed E-state index contributed by atoms with van der Waals surface area (Å²) in [5.41, 5.74) is 0. The van der Waals surface area contributed by atoms with E-state index in [0.717, 1.165) is 35.7 Å². The molecule has 1 N–H and O–H groups in total. The fraction of sp³-hybridized carbons (Fsp3) is 0.556. The predicted octanol–water partition coefficient (Wildman–Crippen LogP) is 0.881. The first kappa shape index (κ1) is 10.1. The van der Waals surface area contributed by atoms with E-state index in [-0.39, 0.29) is 0 Å². The van der Waals surface area contributed by atoms with Gasteiger partial charge in [-0.3, -0.25) is 0 Å². The third-order valence-corrected chi connectivity index (χ3v) is 2.86. The molecule has 2 heterocycles. The molecule has 0 atom stereocenters. The number of aromatic nitrogens is 2. The Morgan fingerprint density at radius 2 is 2.14 bits per heavy atom. The van der Waals surface area contributed by atoms with Crippen LogP contribution in [0.1, 0.15) is 6.42 Å². The van der Waals surface area contributed by atoms with Gasteiger partial charge in [0, 0.05) is 19.6 Å². The average molecular weight is 304 g/mol. The molecule has 0 aliphatic carbocycles. The number of hydrogen-bond donors (Lipinski definition) is 1. The topological polar surface area (TPSA) is 41.0 Å². The van der Waals surface area contributed by atoms with Crippen molar-refractivity contribution in [1.29, 1.82) is 0 Å². The van der Waals surface area contributed by atoms with Gasteiger partial charge in [0.05, 0.1) is 0 Å². The van der Waals surface area contributed by atoms with Gasteiger partial charge < -0.3 is 10.2 Å². The van der Waals surface area contributed by atoms with Crippen LogP contribution in [0.5, 0.6) is 0 Å². The van der Waals surface area contributed by atoms with Crippen LogP contribution in [0.4, 0.5) is 5.82 Å². The Morgan fingerprint density at radius 3 is 2.93 bits per heavy atom. The standard InChI is InChI=1S/C9H13IN4/c10-8-2-3-9(13-12-8)14-6-1-4-11-5-7-14/h2-3,11H,1,4-7H2. The third kappa shape index (κ3) is 2.54. The van der Waals surface area contributed by atoms with E-state index >= 15 is 0 Å². The normalized spacial score (nSPS) is 17.9. The first-order valence-corrected chi connectivity index (χ1v) is 5.89. The summed E-state index contributed by atoms with van der Waals surface area (Å²) in [6.07, 6.45) is 1.17. The van der Waals surface area contributed by atoms with Gasteiger partial charge in [0.15, 0.2) is 5.82 Å². The summed E-state index contributed by atoms with van der Waals surface area (Å²) in [6, 6.07) is 4.04. The number of hydrogen-bond acceptors (Lipinski definition) is 4. The molecular formula is C9H13IN4. The van der Waals surface area contributed by atoms with Crippen LogP contribution in [-0.4, -0.2) is 36.4 Å². The summed E-state index contributed by atoms with van der Waals surface area (Å²) >= 11 is 2.17. The van der Waals surface area contributed by atoms with Gasteiger partial charge >= 0.3 is 0 Å². The summed E-state index contributed by atoms with van der Waals surface area (Å²) in [4.78, 5) is 2.28. The zero-order valence-electron chi connectivity index (χ0n) is 7.91. The first-order valence-electron chi connectivity index (χ1n) is 4.81. The summed E-state index contributed by atoms with van der Waals surface area (Å²) < 4.78 is 0.944. The van der Waals surface area contributed by atoms with Crippen molar-refractivity contribution in [2.75, 3.05) is 31.1 Å². The number of nitrogens with one attached hydrogen (secondary N) is 1. The largest absolute Gasteiger partial charge is 0.354 e. The van der Waals surface area contributed by atoms with Crippen molar-refractivity contribution in [2.45, 2.75) is 6.42 Å². The first-order chi connectivity index (χ1) is 6.86. The molecule has 1 saturated heterocycles. The highest BCUT2D eigenvalue weighted by atomic mass is 127. The van der Waals surface area contributed by atoms with Crippen LogP contribution in [0.25, 0.3) is 0 Å². The van der Waals surface area contributed by atoms with E-state index in [1.807, 2.05) is 12.1 Å². The van der Waals surface area contributed by atoms with Crippen LogP contribution >= 0.6 is 22.6 Å². The second-order valence-corrected chi connectivity index (χ2v) is 4.41. The molecular weight excluding hydrogens is 291 g/mol. The van der Waals surface area contributed by atoms with Crippen LogP contribution in [0, 0.1) is 3.70 Å². The van der Waals surface area contributed by atoms with Crippen LogP contribution in [0.3, 0.4) is 0 Å². The van der Waals surface area contributed by atoms with Gasteiger partial charge in [0.2, 0.25) is 0 Å². The Kier molecular flexibility index (Phi) is 3.52. The molecule has 0 amide bonds. The monoisotopic (exact) mass is 304 g/mol. The predicted molar refractivity (Wildman–Crippen MR) is 64.4 cm³/mol. The minimum atomic E-state index is 0.944. The molecule has 0 bridgehead atoms. The molecule has 1 aromatic rings. The molecule has 4 nitrogen and oxygen atoms in total. The molecule has 76 valence electrons. The SMILES string of the molecule is Ic1ccc(N2CCCNCC2)nn1. The lowest BCUT2D eigenvalue weighted by Gasteiger charge is -2.19. The number of anilines is 1. The summed E-state index contributed by atoms with van der Waals surface area (Å²) in [7, 11) is 0. The third-order valence-electron chi connectivity index (χ3n) is 2.28. The lowest BCUT2D eigenvalue weighted by Crippen LogP contribution is -2.28. The highest BCUT2D eigenvalue weighted by molar-refractivity contribution is 14.1. The maximum atomic E-state index is 4.18. The fourth-order valence-corrected chi connectivity index (χ4v) is 1.84. The molecule has 2 rings (SSSR count). The van der Waals surface area contributed by atoms with Crippen molar-refractivity contribution < 1.29 is 0 Å².